The van der Waals surface area contributed by atoms with Gasteiger partial charge in [0.2, 0.25) is 10.0 Å². The number of pyridine rings is 1. The summed E-state index contributed by atoms with van der Waals surface area (Å²) in [6, 6.07) is 10.3. The average Bonchev–Trinajstić information content (AvgIpc) is 2.48. The molecule has 0 amide bonds. The monoisotopic (exact) mass is 383 g/mol. The van der Waals surface area contributed by atoms with Crippen molar-refractivity contribution < 1.29 is 8.42 Å². The minimum Gasteiger partial charge on any atom is -0.301 e. The highest BCUT2D eigenvalue weighted by Crippen LogP contribution is 2.18. The van der Waals surface area contributed by atoms with Gasteiger partial charge in [-0.15, -0.1) is 0 Å². The van der Waals surface area contributed by atoms with Gasteiger partial charge in [0, 0.05) is 29.5 Å². The van der Waals surface area contributed by atoms with Gasteiger partial charge in [-0.05, 0) is 50.0 Å². The quantitative estimate of drug-likeness (QED) is 0.831. The van der Waals surface area contributed by atoms with Crippen LogP contribution < -0.4 is 4.72 Å². The van der Waals surface area contributed by atoms with E-state index < -0.39 is 10.0 Å². The Morgan fingerprint density at radius 3 is 2.45 bits per heavy atom. The Labute approximate surface area is 139 Å². The first-order valence-electron chi connectivity index (χ1n) is 6.72. The largest absolute Gasteiger partial charge is 0.301 e. The van der Waals surface area contributed by atoms with Gasteiger partial charge in [-0.3, -0.25) is 4.98 Å². The Kier molecular flexibility index (Phi) is 5.69. The van der Waals surface area contributed by atoms with Crippen LogP contribution in [-0.2, 0) is 10.0 Å². The zero-order chi connectivity index (χ0) is 16.2. The third-order valence-corrected chi connectivity index (χ3v) is 5.25. The smallest absolute Gasteiger partial charge is 0.240 e. The van der Waals surface area contributed by atoms with E-state index in [2.05, 4.69) is 25.6 Å². The molecule has 118 valence electrons. The molecule has 0 aliphatic rings. The van der Waals surface area contributed by atoms with Crippen LogP contribution in [0.3, 0.4) is 0 Å². The van der Waals surface area contributed by atoms with Crippen molar-refractivity contribution in [3.8, 4) is 0 Å². The molecule has 0 bridgehead atoms. The lowest BCUT2D eigenvalue weighted by Gasteiger charge is -2.24. The summed E-state index contributed by atoms with van der Waals surface area (Å²) < 4.78 is 28.2. The molecule has 5 nitrogen and oxygen atoms in total. The average molecular weight is 384 g/mol. The SMILES string of the molecule is CN(C)[C@H](CNS(=O)(=O)c1ccc(Br)cc1)c1cccnc1. The van der Waals surface area contributed by atoms with E-state index in [1.54, 1.807) is 36.7 Å². The normalized spacial score (nSPS) is 13.3. The van der Waals surface area contributed by atoms with E-state index in [1.807, 2.05) is 31.1 Å². The Morgan fingerprint density at radius 1 is 1.23 bits per heavy atom. The molecule has 2 rings (SSSR count). The molecule has 0 aliphatic carbocycles. The van der Waals surface area contributed by atoms with Crippen LogP contribution in [0.4, 0.5) is 0 Å². The Morgan fingerprint density at radius 2 is 1.91 bits per heavy atom. The molecular weight excluding hydrogens is 366 g/mol. The minimum absolute atomic E-state index is 0.0843. The lowest BCUT2D eigenvalue weighted by Crippen LogP contribution is -2.34. The van der Waals surface area contributed by atoms with Crippen LogP contribution >= 0.6 is 15.9 Å². The molecule has 1 atom stereocenters. The molecule has 0 fully saturated rings. The highest BCUT2D eigenvalue weighted by molar-refractivity contribution is 9.10. The summed E-state index contributed by atoms with van der Waals surface area (Å²) in [4.78, 5) is 6.30. The molecule has 1 aromatic carbocycles. The topological polar surface area (TPSA) is 62.3 Å². The molecule has 0 spiro atoms. The second-order valence-electron chi connectivity index (χ2n) is 5.07. The maximum absolute atomic E-state index is 12.3. The first kappa shape index (κ1) is 17.1. The lowest BCUT2D eigenvalue weighted by molar-refractivity contribution is 0.299. The number of nitrogens with zero attached hydrogens (tertiary/aromatic N) is 2. The molecule has 0 saturated carbocycles. The standard InChI is InChI=1S/C15H18BrN3O2S/c1-19(2)15(12-4-3-9-17-10-12)11-18-22(20,21)14-7-5-13(16)6-8-14/h3-10,15,18H,11H2,1-2H3/t15-/m1/s1. The van der Waals surface area contributed by atoms with Crippen LogP contribution in [-0.4, -0.2) is 38.9 Å². The highest BCUT2D eigenvalue weighted by atomic mass is 79.9. The predicted octanol–water partition coefficient (Wildman–Crippen LogP) is 2.43. The fourth-order valence-electron chi connectivity index (χ4n) is 2.06. The van der Waals surface area contributed by atoms with E-state index in [1.165, 1.54) is 0 Å². The van der Waals surface area contributed by atoms with Crippen LogP contribution in [0.5, 0.6) is 0 Å². The summed E-state index contributed by atoms with van der Waals surface area (Å²) in [6.07, 6.45) is 3.45. The molecule has 7 heteroatoms. The lowest BCUT2D eigenvalue weighted by atomic mass is 10.1. The van der Waals surface area contributed by atoms with Crippen molar-refractivity contribution in [2.24, 2.45) is 0 Å². The molecule has 1 aromatic heterocycles. The zero-order valence-electron chi connectivity index (χ0n) is 12.4. The van der Waals surface area contributed by atoms with Crippen molar-refractivity contribution in [3.63, 3.8) is 0 Å². The molecule has 1 heterocycles. The van der Waals surface area contributed by atoms with Crippen molar-refractivity contribution in [2.45, 2.75) is 10.9 Å². The van der Waals surface area contributed by atoms with Crippen molar-refractivity contribution in [1.29, 1.82) is 0 Å². The third-order valence-electron chi connectivity index (χ3n) is 3.28. The molecule has 2 aromatic rings. The van der Waals surface area contributed by atoms with Crippen molar-refractivity contribution >= 4 is 26.0 Å². The fourth-order valence-corrected chi connectivity index (χ4v) is 3.36. The number of halogens is 1. The number of benzene rings is 1. The summed E-state index contributed by atoms with van der Waals surface area (Å²) in [5.41, 5.74) is 0.964. The molecule has 0 unspecified atom stereocenters. The van der Waals surface area contributed by atoms with Crippen molar-refractivity contribution in [3.05, 3.63) is 58.8 Å². The van der Waals surface area contributed by atoms with E-state index >= 15 is 0 Å². The van der Waals surface area contributed by atoms with Gasteiger partial charge in [0.15, 0.2) is 0 Å². The van der Waals surface area contributed by atoms with Gasteiger partial charge in [-0.2, -0.15) is 0 Å². The second-order valence-corrected chi connectivity index (χ2v) is 7.75. The van der Waals surface area contributed by atoms with E-state index in [0.29, 0.717) is 0 Å². The highest BCUT2D eigenvalue weighted by Gasteiger charge is 2.19. The van der Waals surface area contributed by atoms with Crippen LogP contribution in [0.1, 0.15) is 11.6 Å². The predicted molar refractivity (Wildman–Crippen MR) is 90.0 cm³/mol. The number of hydrogen-bond donors (Lipinski definition) is 1. The first-order chi connectivity index (χ1) is 10.4. The first-order valence-corrected chi connectivity index (χ1v) is 8.99. The van der Waals surface area contributed by atoms with Gasteiger partial charge >= 0.3 is 0 Å². The number of rotatable bonds is 6. The Balaban J connectivity index is 2.14. The van der Waals surface area contributed by atoms with Gasteiger partial charge in [-0.25, -0.2) is 13.1 Å². The van der Waals surface area contributed by atoms with Gasteiger partial charge in [0.05, 0.1) is 4.90 Å². The minimum atomic E-state index is -3.53. The Hall–Kier alpha value is -1.28. The summed E-state index contributed by atoms with van der Waals surface area (Å²) >= 11 is 3.30. The molecule has 1 N–H and O–H groups in total. The maximum Gasteiger partial charge on any atom is 0.240 e. The molecular formula is C15H18BrN3O2S. The Bertz CT molecular complexity index is 703. The molecule has 0 aliphatic heterocycles. The van der Waals surface area contributed by atoms with Crippen LogP contribution in [0.15, 0.2) is 58.2 Å². The third kappa shape index (κ3) is 4.36. The van der Waals surface area contributed by atoms with Gasteiger partial charge in [0.1, 0.15) is 0 Å². The fraction of sp³-hybridized carbons (Fsp3) is 0.267. The second kappa shape index (κ2) is 7.32. The van der Waals surface area contributed by atoms with E-state index in [-0.39, 0.29) is 17.5 Å². The number of aromatic nitrogens is 1. The number of nitrogens with one attached hydrogen (secondary N) is 1. The summed E-state index contributed by atoms with van der Waals surface area (Å²) in [5, 5.41) is 0. The maximum atomic E-state index is 12.3. The molecule has 22 heavy (non-hydrogen) atoms. The van der Waals surface area contributed by atoms with Gasteiger partial charge < -0.3 is 4.90 Å². The number of likely N-dealkylation sites (N-methyl/N-ethyl adjacent to an activating group) is 1. The van der Waals surface area contributed by atoms with E-state index in [0.717, 1.165) is 10.0 Å². The number of sulfonamides is 1. The van der Waals surface area contributed by atoms with Crippen molar-refractivity contribution in [2.75, 3.05) is 20.6 Å². The van der Waals surface area contributed by atoms with Gasteiger partial charge in [-0.1, -0.05) is 22.0 Å². The van der Waals surface area contributed by atoms with Crippen LogP contribution in [0, 0.1) is 0 Å². The zero-order valence-corrected chi connectivity index (χ0v) is 14.8. The van der Waals surface area contributed by atoms with Crippen LogP contribution in [0.25, 0.3) is 0 Å². The summed E-state index contributed by atoms with van der Waals surface area (Å²) in [6.45, 7) is 0.275. The van der Waals surface area contributed by atoms with Crippen LogP contribution in [0.2, 0.25) is 0 Å². The van der Waals surface area contributed by atoms with E-state index in [4.69, 9.17) is 0 Å². The molecule has 0 radical (unpaired) electrons. The van der Waals surface area contributed by atoms with Gasteiger partial charge in [0.25, 0.3) is 0 Å². The van der Waals surface area contributed by atoms with Crippen molar-refractivity contribution in [1.82, 2.24) is 14.6 Å². The summed E-state index contributed by atoms with van der Waals surface area (Å²) in [5.74, 6) is 0. The molecule has 0 saturated heterocycles. The number of hydrogen-bond acceptors (Lipinski definition) is 4. The van der Waals surface area contributed by atoms with E-state index in [9.17, 15) is 8.42 Å². The summed E-state index contributed by atoms with van der Waals surface area (Å²) in [7, 11) is 0.285.